The quantitative estimate of drug-likeness (QED) is 0.861. The molecule has 1 aliphatic rings. The van der Waals surface area contributed by atoms with E-state index in [2.05, 4.69) is 5.32 Å². The average Bonchev–Trinajstić information content (AvgIpc) is 2.78. The van der Waals surface area contributed by atoms with Crippen LogP contribution in [-0.4, -0.2) is 18.6 Å². The zero-order valence-electron chi connectivity index (χ0n) is 10.2. The van der Waals surface area contributed by atoms with Crippen molar-refractivity contribution in [3.63, 3.8) is 0 Å². The molecule has 3 nitrogen and oxygen atoms in total. The van der Waals surface area contributed by atoms with Gasteiger partial charge in [-0.05, 0) is 38.3 Å². The lowest BCUT2D eigenvalue weighted by molar-refractivity contribution is -0.147. The number of methoxy groups -OCH3 is 1. The van der Waals surface area contributed by atoms with Crippen LogP contribution in [0.5, 0.6) is 0 Å². The second kappa shape index (κ2) is 4.59. The zero-order valence-corrected chi connectivity index (χ0v) is 11.7. The van der Waals surface area contributed by atoms with Crippen LogP contribution in [0.2, 0.25) is 4.34 Å². The molecule has 0 amide bonds. The topological polar surface area (TPSA) is 38.3 Å². The fourth-order valence-corrected chi connectivity index (χ4v) is 3.59. The van der Waals surface area contributed by atoms with Gasteiger partial charge in [-0.3, -0.25) is 10.1 Å². The van der Waals surface area contributed by atoms with Crippen molar-refractivity contribution in [1.82, 2.24) is 5.32 Å². The van der Waals surface area contributed by atoms with Gasteiger partial charge in [0.15, 0.2) is 0 Å². The number of aryl methyl sites for hydroxylation is 1. The number of rotatable bonds is 3. The van der Waals surface area contributed by atoms with Crippen LogP contribution >= 0.6 is 22.9 Å². The number of nitrogens with one attached hydrogen (secondary N) is 1. The van der Waals surface area contributed by atoms with Gasteiger partial charge in [-0.15, -0.1) is 11.3 Å². The highest BCUT2D eigenvalue weighted by Gasteiger charge is 2.34. The molecule has 0 saturated heterocycles. The van der Waals surface area contributed by atoms with E-state index in [1.54, 1.807) is 11.3 Å². The first-order chi connectivity index (χ1) is 7.94. The van der Waals surface area contributed by atoms with Crippen molar-refractivity contribution < 1.29 is 9.53 Å². The second-order valence-corrected chi connectivity index (χ2v) is 6.55. The van der Waals surface area contributed by atoms with Gasteiger partial charge in [0.2, 0.25) is 0 Å². The summed E-state index contributed by atoms with van der Waals surface area (Å²) in [5.41, 5.74) is 0.562. The van der Waals surface area contributed by atoms with Gasteiger partial charge in [0.1, 0.15) is 5.54 Å². The Morgan fingerprint density at radius 3 is 3.00 bits per heavy atom. The Morgan fingerprint density at radius 2 is 2.35 bits per heavy atom. The Labute approximate surface area is 110 Å². The summed E-state index contributed by atoms with van der Waals surface area (Å²) in [5.74, 6) is -0.243. The first-order valence-electron chi connectivity index (χ1n) is 5.58. The van der Waals surface area contributed by atoms with Crippen molar-refractivity contribution in [2.45, 2.75) is 38.3 Å². The molecule has 0 radical (unpaired) electrons. The molecule has 1 aromatic rings. The molecule has 0 bridgehead atoms. The van der Waals surface area contributed by atoms with Crippen LogP contribution in [-0.2, 0) is 16.0 Å². The van der Waals surface area contributed by atoms with E-state index < -0.39 is 5.54 Å². The Hall–Kier alpha value is -0.580. The molecule has 1 atom stereocenters. The predicted octanol–water partition coefficient (Wildman–Crippen LogP) is 2.93. The predicted molar refractivity (Wildman–Crippen MR) is 69.6 cm³/mol. The van der Waals surface area contributed by atoms with Gasteiger partial charge >= 0.3 is 5.97 Å². The van der Waals surface area contributed by atoms with Crippen LogP contribution in [0.15, 0.2) is 6.07 Å². The zero-order chi connectivity index (χ0) is 12.6. The van der Waals surface area contributed by atoms with Gasteiger partial charge in [0.05, 0.1) is 11.4 Å². The largest absolute Gasteiger partial charge is 0.468 e. The van der Waals surface area contributed by atoms with Crippen LogP contribution in [0, 0.1) is 0 Å². The summed E-state index contributed by atoms with van der Waals surface area (Å²) >= 11 is 7.63. The molecule has 0 spiro atoms. The fourth-order valence-electron chi connectivity index (χ4n) is 2.23. The number of hydrogen-bond acceptors (Lipinski definition) is 4. The smallest absolute Gasteiger partial charge is 0.325 e. The van der Waals surface area contributed by atoms with Crippen LogP contribution in [0.3, 0.4) is 0 Å². The van der Waals surface area contributed by atoms with E-state index in [0.29, 0.717) is 0 Å². The van der Waals surface area contributed by atoms with Gasteiger partial charge in [-0.2, -0.15) is 0 Å². The van der Waals surface area contributed by atoms with Gasteiger partial charge in [0.25, 0.3) is 0 Å². The molecule has 17 heavy (non-hydrogen) atoms. The van der Waals surface area contributed by atoms with Gasteiger partial charge < -0.3 is 4.74 Å². The number of fused-ring (bicyclic) bond motifs is 1. The lowest BCUT2D eigenvalue weighted by atomic mass is 10.0. The molecular weight excluding hydrogens is 258 g/mol. The highest BCUT2D eigenvalue weighted by atomic mass is 35.5. The normalized spacial score (nSPS) is 19.2. The molecule has 0 fully saturated rings. The van der Waals surface area contributed by atoms with Crippen LogP contribution < -0.4 is 5.32 Å². The molecule has 0 aliphatic heterocycles. The number of ether oxygens (including phenoxy) is 1. The Morgan fingerprint density at radius 1 is 1.65 bits per heavy atom. The minimum absolute atomic E-state index is 0.197. The molecule has 0 aromatic carbocycles. The maximum atomic E-state index is 11.6. The Kier molecular flexibility index (Phi) is 3.48. The van der Waals surface area contributed by atoms with Crippen molar-refractivity contribution in [2.75, 3.05) is 7.11 Å². The van der Waals surface area contributed by atoms with E-state index >= 15 is 0 Å². The molecule has 0 saturated carbocycles. The Bertz CT molecular complexity index is 442. The van der Waals surface area contributed by atoms with Crippen LogP contribution in [0.4, 0.5) is 0 Å². The molecule has 1 aromatic heterocycles. The number of hydrogen-bond donors (Lipinski definition) is 1. The summed E-state index contributed by atoms with van der Waals surface area (Å²) in [4.78, 5) is 13.0. The Balaban J connectivity index is 2.13. The number of thiophene rings is 1. The van der Waals surface area contributed by atoms with Crippen LogP contribution in [0.25, 0.3) is 0 Å². The van der Waals surface area contributed by atoms with Gasteiger partial charge in [-0.1, -0.05) is 11.6 Å². The maximum Gasteiger partial charge on any atom is 0.325 e. The molecule has 1 heterocycles. The summed E-state index contributed by atoms with van der Waals surface area (Å²) in [6.07, 6.45) is 2.04. The molecule has 1 aliphatic carbocycles. The van der Waals surface area contributed by atoms with E-state index in [1.165, 1.54) is 17.6 Å². The van der Waals surface area contributed by atoms with Gasteiger partial charge in [0, 0.05) is 10.9 Å². The lowest BCUT2D eigenvalue weighted by Gasteiger charge is -2.27. The first kappa shape index (κ1) is 12.9. The molecule has 1 N–H and O–H groups in total. The van der Waals surface area contributed by atoms with Crippen molar-refractivity contribution >= 4 is 28.9 Å². The third kappa shape index (κ3) is 2.49. The SMILES string of the molecule is COC(=O)C(C)(C)NC1CCc2sc(Cl)cc21. The summed E-state index contributed by atoms with van der Waals surface area (Å²) < 4.78 is 5.61. The van der Waals surface area contributed by atoms with E-state index in [1.807, 2.05) is 19.9 Å². The van der Waals surface area contributed by atoms with E-state index in [-0.39, 0.29) is 12.0 Å². The molecule has 94 valence electrons. The number of esters is 1. The first-order valence-corrected chi connectivity index (χ1v) is 6.77. The standard InChI is InChI=1S/C12H16ClNO2S/c1-12(2,11(15)16-3)14-8-4-5-9-7(8)6-10(13)17-9/h6,8,14H,4-5H2,1-3H3. The van der Waals surface area contributed by atoms with Gasteiger partial charge in [-0.25, -0.2) is 0 Å². The summed E-state index contributed by atoms with van der Waals surface area (Å²) in [7, 11) is 1.41. The van der Waals surface area contributed by atoms with Crippen LogP contribution in [0.1, 0.15) is 36.8 Å². The van der Waals surface area contributed by atoms with E-state index in [0.717, 1.165) is 17.2 Å². The summed E-state index contributed by atoms with van der Waals surface area (Å²) in [6.45, 7) is 3.68. The third-order valence-electron chi connectivity index (χ3n) is 3.08. The minimum atomic E-state index is -0.671. The number of carbonyl (C=O) groups excluding carboxylic acids is 1. The number of halogens is 1. The fraction of sp³-hybridized carbons (Fsp3) is 0.583. The number of carbonyl (C=O) groups is 1. The molecule has 1 unspecified atom stereocenters. The monoisotopic (exact) mass is 273 g/mol. The highest BCUT2D eigenvalue weighted by molar-refractivity contribution is 7.16. The highest BCUT2D eigenvalue weighted by Crippen LogP contribution is 2.40. The summed E-state index contributed by atoms with van der Waals surface area (Å²) in [5, 5.41) is 3.35. The molecule has 5 heteroatoms. The third-order valence-corrected chi connectivity index (χ3v) is 4.42. The van der Waals surface area contributed by atoms with E-state index in [9.17, 15) is 4.79 Å². The molecule has 2 rings (SSSR count). The lowest BCUT2D eigenvalue weighted by Crippen LogP contribution is -2.48. The summed E-state index contributed by atoms with van der Waals surface area (Å²) in [6, 6.07) is 2.20. The minimum Gasteiger partial charge on any atom is -0.468 e. The van der Waals surface area contributed by atoms with Crippen molar-refractivity contribution in [3.05, 3.63) is 20.8 Å². The van der Waals surface area contributed by atoms with E-state index in [4.69, 9.17) is 16.3 Å². The molecular formula is C12H16ClNO2S. The average molecular weight is 274 g/mol. The van der Waals surface area contributed by atoms with Crippen molar-refractivity contribution in [2.24, 2.45) is 0 Å². The maximum absolute atomic E-state index is 11.6. The second-order valence-electron chi connectivity index (χ2n) is 4.78. The van der Waals surface area contributed by atoms with Crippen molar-refractivity contribution in [3.8, 4) is 0 Å². The van der Waals surface area contributed by atoms with Crippen molar-refractivity contribution in [1.29, 1.82) is 0 Å².